The number of benzene rings is 2. The number of anilines is 1. The van der Waals surface area contributed by atoms with Crippen LogP contribution in [0.25, 0.3) is 0 Å². The van der Waals surface area contributed by atoms with Crippen LogP contribution in [0.3, 0.4) is 0 Å². The summed E-state index contributed by atoms with van der Waals surface area (Å²) in [7, 11) is 2.01. The van der Waals surface area contributed by atoms with Crippen molar-refractivity contribution in [3.05, 3.63) is 60.2 Å². The molecule has 0 aliphatic heterocycles. The fraction of sp³-hybridized carbons (Fsp3) is 0.316. The van der Waals surface area contributed by atoms with E-state index in [-0.39, 0.29) is 4.90 Å². The molecule has 0 heterocycles. The van der Waals surface area contributed by atoms with Crippen molar-refractivity contribution in [3.8, 4) is 0 Å². The van der Waals surface area contributed by atoms with Gasteiger partial charge in [0, 0.05) is 32.4 Å². The molecule has 0 spiro atoms. The number of rotatable bonds is 8. The Morgan fingerprint density at radius 2 is 1.63 bits per heavy atom. The maximum atomic E-state index is 12.7. The van der Waals surface area contributed by atoms with E-state index in [9.17, 15) is 8.42 Å². The lowest BCUT2D eigenvalue weighted by Gasteiger charge is -2.18. The van der Waals surface area contributed by atoms with E-state index >= 15 is 0 Å². The lowest BCUT2D eigenvalue weighted by molar-refractivity contribution is 0.413. The van der Waals surface area contributed by atoms with Gasteiger partial charge in [-0.15, -0.1) is 0 Å². The molecular formula is C19H26N4O2S2. The molecule has 0 amide bonds. The molecule has 0 aromatic heterocycles. The van der Waals surface area contributed by atoms with Gasteiger partial charge in [-0.3, -0.25) is 0 Å². The lowest BCUT2D eigenvalue weighted by atomic mass is 10.2. The van der Waals surface area contributed by atoms with Crippen LogP contribution >= 0.6 is 12.2 Å². The summed E-state index contributed by atoms with van der Waals surface area (Å²) in [4.78, 5) is 2.30. The second-order valence-corrected chi connectivity index (χ2v) is 8.91. The Morgan fingerprint density at radius 3 is 2.22 bits per heavy atom. The van der Waals surface area contributed by atoms with Gasteiger partial charge < -0.3 is 15.5 Å². The molecule has 8 heteroatoms. The third-order valence-electron chi connectivity index (χ3n) is 3.91. The van der Waals surface area contributed by atoms with Gasteiger partial charge in [-0.25, -0.2) is 8.42 Å². The van der Waals surface area contributed by atoms with E-state index in [0.717, 1.165) is 24.3 Å². The highest BCUT2D eigenvalue weighted by Crippen LogP contribution is 2.19. The van der Waals surface area contributed by atoms with Crippen molar-refractivity contribution in [2.24, 2.45) is 0 Å². The van der Waals surface area contributed by atoms with Crippen molar-refractivity contribution >= 4 is 33.0 Å². The van der Waals surface area contributed by atoms with Crippen molar-refractivity contribution in [3.63, 3.8) is 0 Å². The molecule has 0 atom stereocenters. The second kappa shape index (κ2) is 9.80. The van der Waals surface area contributed by atoms with Crippen LogP contribution in [0.4, 0.5) is 5.69 Å². The van der Waals surface area contributed by atoms with Gasteiger partial charge >= 0.3 is 0 Å². The fourth-order valence-corrected chi connectivity index (χ4v) is 3.76. The first-order valence-electron chi connectivity index (χ1n) is 8.59. The molecule has 2 rings (SSSR count). The van der Waals surface area contributed by atoms with Gasteiger partial charge in [0.05, 0.1) is 4.90 Å². The van der Waals surface area contributed by atoms with Crippen LogP contribution < -0.4 is 10.6 Å². The summed E-state index contributed by atoms with van der Waals surface area (Å²) in [5, 5.41) is 6.67. The Morgan fingerprint density at radius 1 is 1.00 bits per heavy atom. The molecule has 2 aromatic carbocycles. The number of nitrogens with zero attached hydrogens (tertiary/aromatic N) is 2. The van der Waals surface area contributed by atoms with Crippen LogP contribution in [-0.2, 0) is 16.6 Å². The number of thiocarbonyl (C=S) groups is 1. The molecule has 0 bridgehead atoms. The van der Waals surface area contributed by atoms with Crippen molar-refractivity contribution < 1.29 is 8.42 Å². The Bertz CT molecular complexity index is 838. The molecule has 0 saturated heterocycles. The molecule has 0 unspecified atom stereocenters. The summed E-state index contributed by atoms with van der Waals surface area (Å²) >= 11 is 5.24. The minimum absolute atomic E-state index is 0.248. The van der Waals surface area contributed by atoms with E-state index in [1.54, 1.807) is 31.3 Å². The van der Waals surface area contributed by atoms with Gasteiger partial charge in [-0.2, -0.15) is 4.31 Å². The number of likely N-dealkylation sites (N-methyl/N-ethyl adjacent to an activating group) is 1. The van der Waals surface area contributed by atoms with Gasteiger partial charge in [-0.1, -0.05) is 30.3 Å². The molecule has 0 aliphatic carbocycles. The van der Waals surface area contributed by atoms with Crippen LogP contribution in [0.15, 0.2) is 59.5 Å². The smallest absolute Gasteiger partial charge is 0.243 e. The lowest BCUT2D eigenvalue weighted by Crippen LogP contribution is -2.34. The molecule has 27 heavy (non-hydrogen) atoms. The zero-order valence-electron chi connectivity index (χ0n) is 15.8. The zero-order chi connectivity index (χ0) is 19.9. The molecule has 146 valence electrons. The van der Waals surface area contributed by atoms with Gasteiger partial charge in [0.15, 0.2) is 5.11 Å². The van der Waals surface area contributed by atoms with Crippen LogP contribution in [0.1, 0.15) is 5.56 Å². The van der Waals surface area contributed by atoms with Crippen molar-refractivity contribution in [1.29, 1.82) is 0 Å². The van der Waals surface area contributed by atoms with Crippen LogP contribution in [0.5, 0.6) is 0 Å². The summed E-state index contributed by atoms with van der Waals surface area (Å²) < 4.78 is 26.8. The predicted molar refractivity (Wildman–Crippen MR) is 114 cm³/mol. The molecule has 0 saturated carbocycles. The third kappa shape index (κ3) is 6.59. The number of hydrogen-bond acceptors (Lipinski definition) is 4. The number of nitrogens with one attached hydrogen (secondary N) is 2. The molecule has 0 aliphatic rings. The highest BCUT2D eigenvalue weighted by Gasteiger charge is 2.20. The second-order valence-electron chi connectivity index (χ2n) is 6.46. The Kier molecular flexibility index (Phi) is 7.73. The van der Waals surface area contributed by atoms with E-state index in [1.165, 1.54) is 4.31 Å². The quantitative estimate of drug-likeness (QED) is 0.656. The number of hydrogen-bond donors (Lipinski definition) is 2. The third-order valence-corrected chi connectivity index (χ3v) is 5.98. The van der Waals surface area contributed by atoms with E-state index < -0.39 is 10.0 Å². The van der Waals surface area contributed by atoms with Gasteiger partial charge in [0.1, 0.15) is 0 Å². The average Bonchev–Trinajstić information content (AvgIpc) is 2.62. The van der Waals surface area contributed by atoms with Crippen LogP contribution in [-0.4, -0.2) is 57.0 Å². The van der Waals surface area contributed by atoms with Gasteiger partial charge in [0.25, 0.3) is 0 Å². The summed E-state index contributed by atoms with van der Waals surface area (Å²) in [6.45, 7) is 1.92. The zero-order valence-corrected chi connectivity index (χ0v) is 17.5. The highest BCUT2D eigenvalue weighted by atomic mass is 32.2. The first kappa shape index (κ1) is 21.3. The largest absolute Gasteiger partial charge is 0.361 e. The van der Waals surface area contributed by atoms with E-state index in [1.807, 2.05) is 44.4 Å². The molecule has 6 nitrogen and oxygen atoms in total. The molecule has 0 radical (unpaired) electrons. The maximum absolute atomic E-state index is 12.7. The van der Waals surface area contributed by atoms with Gasteiger partial charge in [-0.05, 0) is 56.1 Å². The minimum atomic E-state index is -3.55. The van der Waals surface area contributed by atoms with E-state index in [4.69, 9.17) is 12.2 Å². The molecular weight excluding hydrogens is 380 g/mol. The van der Waals surface area contributed by atoms with Gasteiger partial charge in [0.2, 0.25) is 10.0 Å². The normalized spacial score (nSPS) is 11.6. The summed E-state index contributed by atoms with van der Waals surface area (Å²) in [6.07, 6.45) is 0. The highest BCUT2D eigenvalue weighted by molar-refractivity contribution is 7.89. The molecule has 2 N–H and O–H groups in total. The summed E-state index contributed by atoms with van der Waals surface area (Å²) in [6, 6.07) is 16.1. The molecule has 0 fully saturated rings. The summed E-state index contributed by atoms with van der Waals surface area (Å²) in [5.74, 6) is 0. The van der Waals surface area contributed by atoms with Crippen LogP contribution in [0, 0.1) is 0 Å². The van der Waals surface area contributed by atoms with E-state index in [0.29, 0.717) is 11.7 Å². The SMILES string of the molecule is CN(C)CCNC(=S)Nc1ccc(S(=O)(=O)N(C)Cc2ccccc2)cc1. The van der Waals surface area contributed by atoms with Crippen molar-refractivity contribution in [2.45, 2.75) is 11.4 Å². The molecule has 2 aromatic rings. The Labute approximate surface area is 167 Å². The Hall–Kier alpha value is -2.00. The van der Waals surface area contributed by atoms with Crippen LogP contribution in [0.2, 0.25) is 0 Å². The standard InChI is InChI=1S/C19H26N4O2S2/c1-22(2)14-13-20-19(26)21-17-9-11-18(12-10-17)27(24,25)23(3)15-16-7-5-4-6-8-16/h4-12H,13-15H2,1-3H3,(H2,20,21,26). The topological polar surface area (TPSA) is 64.7 Å². The first-order chi connectivity index (χ1) is 12.8. The monoisotopic (exact) mass is 406 g/mol. The fourth-order valence-electron chi connectivity index (χ4n) is 2.38. The maximum Gasteiger partial charge on any atom is 0.243 e. The van der Waals surface area contributed by atoms with Crippen molar-refractivity contribution in [2.75, 3.05) is 39.5 Å². The predicted octanol–water partition coefficient (Wildman–Crippen LogP) is 2.36. The number of sulfonamides is 1. The first-order valence-corrected chi connectivity index (χ1v) is 10.4. The minimum Gasteiger partial charge on any atom is -0.361 e. The van der Waals surface area contributed by atoms with Crippen molar-refractivity contribution in [1.82, 2.24) is 14.5 Å². The summed E-state index contributed by atoms with van der Waals surface area (Å²) in [5.41, 5.74) is 1.68. The van der Waals surface area contributed by atoms with E-state index in [2.05, 4.69) is 15.5 Å². The average molecular weight is 407 g/mol. The Balaban J connectivity index is 1.97.